The van der Waals surface area contributed by atoms with Crippen LogP contribution in [0.2, 0.25) is 5.02 Å². The first-order chi connectivity index (χ1) is 30.2. The van der Waals surface area contributed by atoms with E-state index in [0.29, 0.717) is 42.0 Å². The van der Waals surface area contributed by atoms with E-state index in [4.69, 9.17) is 34.5 Å². The summed E-state index contributed by atoms with van der Waals surface area (Å²) in [6, 6.07) is 21.9. The molecule has 0 unspecified atom stereocenters. The number of aryl methyl sites for hydroxylation is 2. The van der Waals surface area contributed by atoms with Crippen LogP contribution in [-0.4, -0.2) is 54.1 Å². The fourth-order valence-corrected chi connectivity index (χ4v) is 23.1. The monoisotopic (exact) mass is 1030 g/mol. The Bertz CT molecular complexity index is 3400. The fourth-order valence-electron chi connectivity index (χ4n) is 5.79. The van der Waals surface area contributed by atoms with Gasteiger partial charge in [-0.05, 0) is 104 Å². The molecule has 0 radical (unpaired) electrons. The number of rotatable bonds is 18. The Balaban J connectivity index is 1.98. The van der Waals surface area contributed by atoms with E-state index in [0.717, 1.165) is 84.9 Å². The average molecular weight is 1030 g/mol. The molecule has 0 saturated heterocycles. The van der Waals surface area contributed by atoms with Gasteiger partial charge in [-0.15, -0.1) is 18.1 Å². The molecular formula is C39H34ClNO18S6. The maximum absolute atomic E-state index is 15.3. The number of ether oxygens (including phenoxy) is 1. The van der Waals surface area contributed by atoms with Crippen molar-refractivity contribution in [2.75, 3.05) is 7.11 Å². The zero-order valence-electron chi connectivity index (χ0n) is 33.6. The van der Waals surface area contributed by atoms with Crippen LogP contribution in [0.3, 0.4) is 0 Å². The van der Waals surface area contributed by atoms with Gasteiger partial charge in [-0.25, -0.2) is 0 Å². The summed E-state index contributed by atoms with van der Waals surface area (Å²) in [5.74, 6) is 0.00127. The molecule has 6 aromatic rings. The molecule has 0 aliphatic heterocycles. The van der Waals surface area contributed by atoms with Gasteiger partial charge in [0.1, 0.15) is 5.75 Å². The Morgan fingerprint density at radius 2 is 0.908 bits per heavy atom. The molecule has 19 nitrogen and oxygen atoms in total. The Morgan fingerprint density at radius 1 is 0.492 bits per heavy atom. The smallest absolute Gasteiger partial charge is 0.312 e. The number of benzene rings is 6. The summed E-state index contributed by atoms with van der Waals surface area (Å²) in [5, 5.41) is 11.0. The number of nitro benzene ring substituents is 1. The number of non-ortho nitro benzene ring substituents is 1. The van der Waals surface area contributed by atoms with Crippen LogP contribution in [0.4, 0.5) is 5.69 Å². The van der Waals surface area contributed by atoms with Gasteiger partial charge in [0.25, 0.3) is 5.69 Å². The number of nitro groups is 1. The molecule has 0 aliphatic carbocycles. The highest BCUT2D eigenvalue weighted by atomic mass is 35.5. The molecule has 0 amide bonds. The van der Waals surface area contributed by atoms with Crippen LogP contribution in [0.25, 0.3) is 0 Å². The first kappa shape index (κ1) is 49.2. The predicted molar refractivity (Wildman–Crippen MR) is 234 cm³/mol. The van der Waals surface area contributed by atoms with Gasteiger partial charge >= 0.3 is 50.6 Å². The quantitative estimate of drug-likeness (QED) is 0.0589. The van der Waals surface area contributed by atoms with Gasteiger partial charge in [0.05, 0.1) is 41.4 Å². The van der Waals surface area contributed by atoms with E-state index in [1.807, 2.05) is 0 Å². The third-order valence-electron chi connectivity index (χ3n) is 8.84. The van der Waals surface area contributed by atoms with Gasteiger partial charge in [-0.3, -0.25) is 10.1 Å². The maximum Gasteiger partial charge on any atom is 0.312 e. The number of nitrogens with zero attached hydrogens (tertiary/aromatic N) is 1. The van der Waals surface area contributed by atoms with Crippen LogP contribution in [0.15, 0.2) is 181 Å². The molecule has 0 aliphatic rings. The largest absolute Gasteiger partial charge is 0.497 e. The lowest BCUT2D eigenvalue weighted by Crippen LogP contribution is -2.53. The second-order valence-electron chi connectivity index (χ2n) is 13.5. The standard InChI is InChI=1S/C39H34ClNO18S6/c1-29-16-22-35(23-17-29)61(46,47)56-65(38-14-9-11-31(40)28-38,55-60(44,45)34-12-5-4-6-13-34,59-64(52,53)39-15-8-7-10-30(39)2,58-63(50,51)37-26-20-33(54-3)21-27-37)57-62(48,49)36-24-18-32(19-25-36)41(42)43/h4-28H,1-3H3. The Hall–Kier alpha value is -5.29. The van der Waals surface area contributed by atoms with Gasteiger partial charge in [0, 0.05) is 17.2 Å². The third-order valence-corrected chi connectivity index (χ3v) is 24.1. The van der Waals surface area contributed by atoms with Crippen molar-refractivity contribution in [1.82, 2.24) is 0 Å². The van der Waals surface area contributed by atoms with Crippen molar-refractivity contribution in [3.8, 4) is 5.75 Å². The van der Waals surface area contributed by atoms with Crippen LogP contribution < -0.4 is 4.74 Å². The van der Waals surface area contributed by atoms with Gasteiger partial charge < -0.3 is 4.74 Å². The molecule has 65 heavy (non-hydrogen) atoms. The van der Waals surface area contributed by atoms with Crippen molar-refractivity contribution in [3.63, 3.8) is 0 Å². The normalized spacial score (nSPS) is 13.9. The first-order valence-electron chi connectivity index (χ1n) is 18.0. The third kappa shape index (κ3) is 9.67. The summed E-state index contributed by atoms with van der Waals surface area (Å²) < 4.78 is 186. The Kier molecular flexibility index (Phi) is 13.0. The summed E-state index contributed by atoms with van der Waals surface area (Å²) in [6.45, 7) is 2.69. The molecule has 0 bridgehead atoms. The van der Waals surface area contributed by atoms with Crippen molar-refractivity contribution in [2.24, 2.45) is 0 Å². The van der Waals surface area contributed by atoms with Crippen molar-refractivity contribution in [1.29, 1.82) is 0 Å². The first-order valence-corrected chi connectivity index (χ1v) is 27.5. The molecular weight excluding hydrogens is 998 g/mol. The number of hydrogen-bond donors (Lipinski definition) is 0. The van der Waals surface area contributed by atoms with Gasteiger partial charge in [-0.2, -0.15) is 42.1 Å². The fraction of sp³-hybridized carbons (Fsp3) is 0.0769. The number of methoxy groups -OCH3 is 1. The van der Waals surface area contributed by atoms with Crippen LogP contribution >= 0.6 is 21.3 Å². The Labute approximate surface area is 379 Å². The molecule has 26 heteroatoms. The molecule has 0 saturated carbocycles. The van der Waals surface area contributed by atoms with Crippen LogP contribution in [0, 0.1) is 24.0 Å². The molecule has 0 heterocycles. The van der Waals surface area contributed by atoms with Crippen molar-refractivity contribution < 1.29 is 69.9 Å². The van der Waals surface area contributed by atoms with Gasteiger partial charge in [0.15, 0.2) is 0 Å². The minimum absolute atomic E-state index is 0.00127. The molecule has 0 atom stereocenters. The van der Waals surface area contributed by atoms with Gasteiger partial charge in [0.2, 0.25) is 9.70 Å². The lowest BCUT2D eigenvalue weighted by Gasteiger charge is -2.67. The Morgan fingerprint density at radius 3 is 1.35 bits per heavy atom. The summed E-state index contributed by atoms with van der Waals surface area (Å²) in [7, 11) is -39.9. The van der Waals surface area contributed by atoms with E-state index in [1.165, 1.54) is 51.3 Å². The van der Waals surface area contributed by atoms with Gasteiger partial charge in [-0.1, -0.05) is 71.8 Å². The van der Waals surface area contributed by atoms with E-state index in [-0.39, 0.29) is 11.3 Å². The molecule has 0 fully saturated rings. The highest BCUT2D eigenvalue weighted by Gasteiger charge is 2.82. The van der Waals surface area contributed by atoms with Crippen LogP contribution in [-0.2, 0) is 68.7 Å². The molecule has 6 rings (SSSR count). The van der Waals surface area contributed by atoms with E-state index in [1.54, 1.807) is 0 Å². The highest BCUT2D eigenvalue weighted by molar-refractivity contribution is 8.56. The summed E-state index contributed by atoms with van der Waals surface area (Å²) >= 11 is 6.46. The molecule has 0 spiro atoms. The maximum atomic E-state index is 15.3. The second-order valence-corrected chi connectivity index (χ2v) is 26.2. The van der Waals surface area contributed by atoms with Crippen molar-refractivity contribution >= 4 is 77.6 Å². The van der Waals surface area contributed by atoms with Crippen LogP contribution in [0.1, 0.15) is 11.1 Å². The molecule has 0 aromatic heterocycles. The lowest BCUT2D eigenvalue weighted by molar-refractivity contribution is -0.384. The van der Waals surface area contributed by atoms with Crippen LogP contribution in [0.5, 0.6) is 5.75 Å². The average Bonchev–Trinajstić information content (AvgIpc) is 3.23. The highest BCUT2D eigenvalue weighted by Crippen LogP contribution is 3.01. The van der Waals surface area contributed by atoms with Crippen molar-refractivity contribution in [2.45, 2.75) is 43.2 Å². The minimum Gasteiger partial charge on any atom is -0.497 e. The summed E-state index contributed by atoms with van der Waals surface area (Å²) in [5.41, 5.74) is -0.587. The molecule has 0 N–H and O–H groups in total. The second kappa shape index (κ2) is 17.2. The predicted octanol–water partition coefficient (Wildman–Crippen LogP) is 7.71. The summed E-state index contributed by atoms with van der Waals surface area (Å²) in [6.07, 6.45) is 0. The molecule has 346 valence electrons. The van der Waals surface area contributed by atoms with E-state index < -0.39 is 105 Å². The number of hydrogen-bond acceptors (Lipinski definition) is 18. The molecule has 6 aromatic carbocycles. The van der Waals surface area contributed by atoms with E-state index >= 15 is 42.1 Å². The topological polar surface area (TPSA) is 269 Å². The van der Waals surface area contributed by atoms with E-state index in [2.05, 4.69) is 0 Å². The minimum atomic E-state index is -9.76. The lowest BCUT2D eigenvalue weighted by atomic mass is 10.2. The zero-order chi connectivity index (χ0) is 47.8. The van der Waals surface area contributed by atoms with E-state index in [9.17, 15) is 10.1 Å². The number of halogens is 1. The zero-order valence-corrected chi connectivity index (χ0v) is 39.2. The SMILES string of the molecule is COc1ccc(S(=O)(=O)OS(OS(=O)(=O)c2ccccc2)(OS(=O)(=O)c2ccc(C)cc2)(OS(=O)(=O)c2ccc([N+](=O)[O-])cc2)(OS(=O)(=O)c2ccccc2C)c2cccc(Cl)c2)cc1. The summed E-state index contributed by atoms with van der Waals surface area (Å²) in [4.78, 5) is 3.53. The van der Waals surface area contributed by atoms with Crippen molar-refractivity contribution in [3.05, 3.63) is 178 Å².